The number of carboxylic acid groups (broad SMARTS) is 1. The van der Waals surface area contributed by atoms with Crippen LogP contribution < -0.4 is 5.32 Å². The van der Waals surface area contributed by atoms with E-state index in [4.69, 9.17) is 0 Å². The number of rotatable bonds is 4. The molecule has 0 aliphatic carbocycles. The lowest BCUT2D eigenvalue weighted by molar-refractivity contribution is -0.144. The Morgan fingerprint density at radius 2 is 2.36 bits per heavy atom. The molecule has 2 unspecified atom stereocenters. The van der Waals surface area contributed by atoms with E-state index >= 15 is 0 Å². The van der Waals surface area contributed by atoms with Crippen LogP contribution in [-0.2, 0) is 4.79 Å². The summed E-state index contributed by atoms with van der Waals surface area (Å²) in [6.45, 7) is 5.49. The van der Waals surface area contributed by atoms with Crippen LogP contribution in [0.2, 0.25) is 0 Å². The quantitative estimate of drug-likeness (QED) is 0.695. The van der Waals surface area contributed by atoms with Crippen molar-refractivity contribution in [2.45, 2.75) is 38.3 Å². The average molecular weight is 200 g/mol. The van der Waals surface area contributed by atoms with Crippen LogP contribution in [0.3, 0.4) is 0 Å². The Bertz CT molecular complexity index is 208. The Morgan fingerprint density at radius 3 is 2.71 bits per heavy atom. The minimum absolute atomic E-state index is 0.343. The zero-order valence-electron chi connectivity index (χ0n) is 9.21. The molecule has 1 saturated heterocycles. The number of aliphatic carboxylic acids is 1. The summed E-state index contributed by atoms with van der Waals surface area (Å²) in [4.78, 5) is 13.3. The summed E-state index contributed by atoms with van der Waals surface area (Å²) >= 11 is 0. The Kier molecular flexibility index (Phi) is 3.50. The van der Waals surface area contributed by atoms with Crippen molar-refractivity contribution in [2.24, 2.45) is 0 Å². The number of carboxylic acids is 1. The standard InChI is InChI=1S/C10H20N2O2/c1-4-5-11-10(9(13)14)6-8(2)12(3)7-10/h8,11H,4-7H2,1-3H3,(H,13,14). The normalized spacial score (nSPS) is 33.5. The molecule has 14 heavy (non-hydrogen) atoms. The van der Waals surface area contributed by atoms with Crippen molar-refractivity contribution in [2.75, 3.05) is 20.1 Å². The molecule has 0 aromatic rings. The molecular weight excluding hydrogens is 180 g/mol. The Labute approximate surface area is 85.3 Å². The second-order valence-corrected chi connectivity index (χ2v) is 4.28. The summed E-state index contributed by atoms with van der Waals surface area (Å²) in [5, 5.41) is 12.4. The van der Waals surface area contributed by atoms with Gasteiger partial charge in [0.2, 0.25) is 0 Å². The molecule has 1 fully saturated rings. The number of likely N-dealkylation sites (N-methyl/N-ethyl adjacent to an activating group) is 1. The van der Waals surface area contributed by atoms with Crippen molar-refractivity contribution in [3.8, 4) is 0 Å². The third-order valence-electron chi connectivity index (χ3n) is 3.04. The Morgan fingerprint density at radius 1 is 1.71 bits per heavy atom. The SMILES string of the molecule is CCCNC1(C(=O)O)CC(C)N(C)C1. The van der Waals surface area contributed by atoms with E-state index in [2.05, 4.69) is 17.1 Å². The van der Waals surface area contributed by atoms with Gasteiger partial charge < -0.3 is 15.3 Å². The van der Waals surface area contributed by atoms with Crippen LogP contribution in [0.4, 0.5) is 0 Å². The molecule has 82 valence electrons. The van der Waals surface area contributed by atoms with Crippen molar-refractivity contribution in [3.63, 3.8) is 0 Å². The molecule has 0 saturated carbocycles. The minimum atomic E-state index is -0.720. The van der Waals surface area contributed by atoms with Gasteiger partial charge in [-0.1, -0.05) is 6.92 Å². The lowest BCUT2D eigenvalue weighted by atomic mass is 9.96. The zero-order valence-corrected chi connectivity index (χ0v) is 9.21. The van der Waals surface area contributed by atoms with Crippen molar-refractivity contribution in [1.29, 1.82) is 0 Å². The summed E-state index contributed by atoms with van der Waals surface area (Å²) in [7, 11) is 1.98. The number of hydrogen-bond donors (Lipinski definition) is 2. The first-order valence-electron chi connectivity index (χ1n) is 5.20. The number of carbonyl (C=O) groups is 1. The molecule has 0 aromatic heterocycles. The van der Waals surface area contributed by atoms with E-state index in [1.54, 1.807) is 0 Å². The summed E-state index contributed by atoms with van der Waals surface area (Å²) in [6.07, 6.45) is 1.66. The summed E-state index contributed by atoms with van der Waals surface area (Å²) in [5.74, 6) is -0.720. The van der Waals surface area contributed by atoms with Crippen LogP contribution in [0, 0.1) is 0 Å². The molecule has 0 spiro atoms. The second-order valence-electron chi connectivity index (χ2n) is 4.28. The van der Waals surface area contributed by atoms with Crippen molar-refractivity contribution < 1.29 is 9.90 Å². The highest BCUT2D eigenvalue weighted by Gasteiger charge is 2.46. The van der Waals surface area contributed by atoms with Gasteiger partial charge in [0, 0.05) is 12.6 Å². The summed E-state index contributed by atoms with van der Waals surface area (Å²) in [6, 6.07) is 0.343. The maximum atomic E-state index is 11.2. The maximum Gasteiger partial charge on any atom is 0.325 e. The monoisotopic (exact) mass is 200 g/mol. The first-order chi connectivity index (χ1) is 6.52. The van der Waals surface area contributed by atoms with E-state index in [-0.39, 0.29) is 0 Å². The topological polar surface area (TPSA) is 52.6 Å². The first-order valence-corrected chi connectivity index (χ1v) is 5.20. The van der Waals surface area contributed by atoms with Gasteiger partial charge in [-0.25, -0.2) is 0 Å². The molecule has 1 aliphatic heterocycles. The third kappa shape index (κ3) is 2.07. The third-order valence-corrected chi connectivity index (χ3v) is 3.04. The fraction of sp³-hybridized carbons (Fsp3) is 0.900. The van der Waals surface area contributed by atoms with E-state index in [0.717, 1.165) is 13.0 Å². The van der Waals surface area contributed by atoms with Gasteiger partial charge in [-0.2, -0.15) is 0 Å². The van der Waals surface area contributed by atoms with Gasteiger partial charge in [-0.15, -0.1) is 0 Å². The number of hydrogen-bond acceptors (Lipinski definition) is 3. The number of nitrogens with one attached hydrogen (secondary N) is 1. The Balaban J connectivity index is 2.69. The van der Waals surface area contributed by atoms with Crippen LogP contribution in [0.25, 0.3) is 0 Å². The van der Waals surface area contributed by atoms with Crippen LogP contribution in [0.5, 0.6) is 0 Å². The highest BCUT2D eigenvalue weighted by atomic mass is 16.4. The van der Waals surface area contributed by atoms with Gasteiger partial charge in [0.25, 0.3) is 0 Å². The highest BCUT2D eigenvalue weighted by molar-refractivity contribution is 5.79. The predicted molar refractivity (Wildman–Crippen MR) is 55.4 cm³/mol. The smallest absolute Gasteiger partial charge is 0.325 e. The minimum Gasteiger partial charge on any atom is -0.480 e. The zero-order chi connectivity index (χ0) is 10.8. The highest BCUT2D eigenvalue weighted by Crippen LogP contribution is 2.25. The van der Waals surface area contributed by atoms with Gasteiger partial charge in [0.1, 0.15) is 5.54 Å². The summed E-state index contributed by atoms with van der Waals surface area (Å²) < 4.78 is 0. The fourth-order valence-electron chi connectivity index (χ4n) is 2.03. The van der Waals surface area contributed by atoms with Gasteiger partial charge in [0.15, 0.2) is 0 Å². The van der Waals surface area contributed by atoms with Crippen LogP contribution >= 0.6 is 0 Å². The number of nitrogens with zero attached hydrogens (tertiary/aromatic N) is 1. The average Bonchev–Trinajstić information content (AvgIpc) is 2.41. The molecule has 0 bridgehead atoms. The lowest BCUT2D eigenvalue weighted by Gasteiger charge is -2.25. The van der Waals surface area contributed by atoms with E-state index in [1.165, 1.54) is 0 Å². The fourth-order valence-corrected chi connectivity index (χ4v) is 2.03. The van der Waals surface area contributed by atoms with Gasteiger partial charge in [-0.05, 0) is 33.4 Å². The molecule has 2 N–H and O–H groups in total. The number of likely N-dealkylation sites (tertiary alicyclic amines) is 1. The van der Waals surface area contributed by atoms with E-state index < -0.39 is 11.5 Å². The van der Waals surface area contributed by atoms with Crippen molar-refractivity contribution >= 4 is 5.97 Å². The molecule has 1 aliphatic rings. The van der Waals surface area contributed by atoms with Gasteiger partial charge in [-0.3, -0.25) is 4.79 Å². The van der Waals surface area contributed by atoms with E-state index in [0.29, 0.717) is 19.0 Å². The summed E-state index contributed by atoms with van der Waals surface area (Å²) in [5.41, 5.74) is -0.718. The van der Waals surface area contributed by atoms with Crippen LogP contribution in [0.15, 0.2) is 0 Å². The molecule has 0 radical (unpaired) electrons. The molecule has 4 heteroatoms. The molecule has 1 heterocycles. The van der Waals surface area contributed by atoms with E-state index in [1.807, 2.05) is 14.0 Å². The maximum absolute atomic E-state index is 11.2. The van der Waals surface area contributed by atoms with Crippen molar-refractivity contribution in [1.82, 2.24) is 10.2 Å². The lowest BCUT2D eigenvalue weighted by Crippen LogP contribution is -2.54. The molecule has 2 atom stereocenters. The predicted octanol–water partition coefficient (Wildman–Crippen LogP) is 0.533. The van der Waals surface area contributed by atoms with Gasteiger partial charge >= 0.3 is 5.97 Å². The molecule has 1 rings (SSSR count). The second kappa shape index (κ2) is 4.28. The largest absolute Gasteiger partial charge is 0.480 e. The molecule has 4 nitrogen and oxygen atoms in total. The first kappa shape index (κ1) is 11.5. The Hall–Kier alpha value is -0.610. The molecule has 0 aromatic carbocycles. The van der Waals surface area contributed by atoms with Crippen molar-refractivity contribution in [3.05, 3.63) is 0 Å². The molecule has 0 amide bonds. The van der Waals surface area contributed by atoms with Crippen LogP contribution in [-0.4, -0.2) is 47.7 Å². The molecular formula is C10H20N2O2. The van der Waals surface area contributed by atoms with Crippen LogP contribution in [0.1, 0.15) is 26.7 Å². The van der Waals surface area contributed by atoms with Gasteiger partial charge in [0.05, 0.1) is 0 Å². The van der Waals surface area contributed by atoms with E-state index in [9.17, 15) is 9.90 Å².